The normalized spacial score (nSPS) is 20.0. The van der Waals surface area contributed by atoms with Gasteiger partial charge in [-0.1, -0.05) is 0 Å². The fraction of sp³-hybridized carbons (Fsp3) is 0.400. The van der Waals surface area contributed by atoms with E-state index in [0.29, 0.717) is 18.7 Å². The molecule has 1 atom stereocenters. The molecule has 5 nitrogen and oxygen atoms in total. The van der Waals surface area contributed by atoms with E-state index in [-0.39, 0.29) is 22.4 Å². The lowest BCUT2D eigenvalue weighted by atomic mass is 10.1. The number of nitrogens with zero attached hydrogens (tertiary/aromatic N) is 3. The van der Waals surface area contributed by atoms with Crippen molar-refractivity contribution in [2.24, 2.45) is 7.05 Å². The number of halogens is 2. The van der Waals surface area contributed by atoms with E-state index >= 15 is 0 Å². The molecule has 0 bridgehead atoms. The molecule has 1 fully saturated rings. The summed E-state index contributed by atoms with van der Waals surface area (Å²) in [4.78, 5) is 3.91. The molecule has 1 aromatic carbocycles. The van der Waals surface area contributed by atoms with Crippen LogP contribution in [-0.4, -0.2) is 41.1 Å². The largest absolute Gasteiger partial charge is 0.339 e. The van der Waals surface area contributed by atoms with Gasteiger partial charge in [0.1, 0.15) is 11.6 Å². The molecule has 1 unspecified atom stereocenters. The molecule has 1 saturated heterocycles. The molecular formula is C15H17F2N3O2S2. The van der Waals surface area contributed by atoms with Gasteiger partial charge in [0.2, 0.25) is 0 Å². The van der Waals surface area contributed by atoms with E-state index in [2.05, 4.69) is 4.98 Å². The zero-order valence-corrected chi connectivity index (χ0v) is 14.7. The first-order chi connectivity index (χ1) is 11.4. The number of thioether (sulfide) groups is 1. The van der Waals surface area contributed by atoms with E-state index in [1.165, 1.54) is 34.7 Å². The minimum absolute atomic E-state index is 0.00499. The molecule has 0 radical (unpaired) electrons. The summed E-state index contributed by atoms with van der Waals surface area (Å²) in [5, 5.41) is -0.269. The van der Waals surface area contributed by atoms with Gasteiger partial charge in [0.25, 0.3) is 10.0 Å². The van der Waals surface area contributed by atoms with Crippen molar-refractivity contribution in [1.82, 2.24) is 13.9 Å². The minimum Gasteiger partial charge on any atom is -0.339 e. The summed E-state index contributed by atoms with van der Waals surface area (Å²) < 4.78 is 55.5. The van der Waals surface area contributed by atoms with Gasteiger partial charge in [-0.15, -0.1) is 0 Å². The first kappa shape index (κ1) is 17.4. The number of aromatic nitrogens is 2. The predicted octanol–water partition coefficient (Wildman–Crippen LogP) is 2.57. The van der Waals surface area contributed by atoms with E-state index in [1.807, 2.05) is 0 Å². The van der Waals surface area contributed by atoms with E-state index in [9.17, 15) is 17.2 Å². The van der Waals surface area contributed by atoms with Crippen molar-refractivity contribution in [3.05, 3.63) is 47.9 Å². The van der Waals surface area contributed by atoms with Gasteiger partial charge in [-0.05, 0) is 24.6 Å². The summed E-state index contributed by atoms with van der Waals surface area (Å²) in [5.74, 6) is -0.448. The maximum Gasteiger partial charge on any atom is 0.262 e. The van der Waals surface area contributed by atoms with Crippen molar-refractivity contribution >= 4 is 21.8 Å². The van der Waals surface area contributed by atoms with E-state index < -0.39 is 21.7 Å². The number of benzene rings is 1. The van der Waals surface area contributed by atoms with Crippen molar-refractivity contribution in [3.8, 4) is 0 Å². The molecule has 0 saturated carbocycles. The Morgan fingerprint density at radius 1 is 1.29 bits per heavy atom. The highest BCUT2D eigenvalue weighted by Gasteiger charge is 2.30. The Bertz CT molecular complexity index is 839. The molecule has 2 heterocycles. The van der Waals surface area contributed by atoms with Gasteiger partial charge in [-0.25, -0.2) is 22.2 Å². The summed E-state index contributed by atoms with van der Waals surface area (Å²) in [5.41, 5.74) is 0.289. The second kappa shape index (κ2) is 6.81. The molecule has 3 rings (SSSR count). The van der Waals surface area contributed by atoms with Crippen molar-refractivity contribution < 1.29 is 17.2 Å². The third-order valence-electron chi connectivity index (χ3n) is 3.89. The van der Waals surface area contributed by atoms with Crippen LogP contribution in [0.1, 0.15) is 17.2 Å². The van der Waals surface area contributed by atoms with Gasteiger partial charge in [0.15, 0.2) is 5.03 Å². The van der Waals surface area contributed by atoms with Gasteiger partial charge in [0, 0.05) is 42.9 Å². The lowest BCUT2D eigenvalue weighted by Gasteiger charge is -2.18. The third-order valence-corrected chi connectivity index (χ3v) is 6.99. The van der Waals surface area contributed by atoms with Gasteiger partial charge in [-0.2, -0.15) is 16.1 Å². The van der Waals surface area contributed by atoms with Crippen LogP contribution in [-0.2, 0) is 17.1 Å². The molecular weight excluding hydrogens is 356 g/mol. The van der Waals surface area contributed by atoms with Crippen LogP contribution in [0, 0.1) is 11.6 Å². The molecule has 1 aliphatic heterocycles. The molecule has 2 aromatic rings. The number of hydrogen-bond acceptors (Lipinski definition) is 4. The van der Waals surface area contributed by atoms with E-state index in [1.54, 1.807) is 11.6 Å². The van der Waals surface area contributed by atoms with E-state index in [4.69, 9.17) is 0 Å². The average molecular weight is 373 g/mol. The lowest BCUT2D eigenvalue weighted by molar-refractivity contribution is 0.425. The number of hydrogen-bond donors (Lipinski definition) is 0. The fourth-order valence-corrected chi connectivity index (χ4v) is 5.43. The first-order valence-corrected chi connectivity index (χ1v) is 9.91. The Labute approximate surface area is 143 Å². The second-order valence-electron chi connectivity index (χ2n) is 5.60. The first-order valence-electron chi connectivity index (χ1n) is 7.42. The van der Waals surface area contributed by atoms with Crippen LogP contribution in [0.25, 0.3) is 0 Å². The molecule has 130 valence electrons. The molecule has 0 spiro atoms. The van der Waals surface area contributed by atoms with Gasteiger partial charge in [0.05, 0.1) is 6.33 Å². The molecule has 0 amide bonds. The zero-order valence-electron chi connectivity index (χ0n) is 13.0. The molecule has 9 heteroatoms. The Morgan fingerprint density at radius 3 is 2.79 bits per heavy atom. The lowest BCUT2D eigenvalue weighted by Crippen LogP contribution is -2.33. The number of imidazole rings is 1. The predicted molar refractivity (Wildman–Crippen MR) is 88.1 cm³/mol. The Hall–Kier alpha value is -1.45. The Balaban J connectivity index is 1.79. The van der Waals surface area contributed by atoms with Crippen LogP contribution in [0.5, 0.6) is 0 Å². The average Bonchev–Trinajstić information content (AvgIpc) is 2.83. The van der Waals surface area contributed by atoms with E-state index in [0.717, 1.165) is 12.1 Å². The monoisotopic (exact) mass is 373 g/mol. The SMILES string of the molecule is Cn1cnc(S(=O)(=O)N2CCSC(c3cc(F)ccc3F)CC2)c1. The summed E-state index contributed by atoms with van der Waals surface area (Å²) in [7, 11) is -1.97. The molecule has 1 aromatic heterocycles. The third kappa shape index (κ3) is 3.47. The molecule has 0 N–H and O–H groups in total. The standard InChI is InChI=1S/C15H17F2N3O2S2/c1-19-9-15(18-10-19)24(21,22)20-5-4-14(23-7-6-20)12-8-11(16)2-3-13(12)17/h2-3,8-10,14H,4-7H2,1H3. The number of sulfonamides is 1. The van der Waals surface area contributed by atoms with Gasteiger partial charge < -0.3 is 4.57 Å². The highest BCUT2D eigenvalue weighted by molar-refractivity contribution is 7.99. The van der Waals surface area contributed by atoms with Crippen molar-refractivity contribution in [1.29, 1.82) is 0 Å². The van der Waals surface area contributed by atoms with Crippen LogP contribution in [0.2, 0.25) is 0 Å². The Morgan fingerprint density at radius 2 is 2.08 bits per heavy atom. The van der Waals surface area contributed by atoms with Crippen molar-refractivity contribution in [2.45, 2.75) is 16.7 Å². The van der Waals surface area contributed by atoms with Crippen molar-refractivity contribution in [3.63, 3.8) is 0 Å². The topological polar surface area (TPSA) is 55.2 Å². The fourth-order valence-electron chi connectivity index (χ4n) is 2.65. The van der Waals surface area contributed by atoms with Crippen LogP contribution in [0.15, 0.2) is 35.7 Å². The smallest absolute Gasteiger partial charge is 0.262 e. The summed E-state index contributed by atoms with van der Waals surface area (Å²) >= 11 is 1.44. The minimum atomic E-state index is -3.67. The van der Waals surface area contributed by atoms with Crippen LogP contribution < -0.4 is 0 Å². The van der Waals surface area contributed by atoms with Gasteiger partial charge in [-0.3, -0.25) is 0 Å². The van der Waals surface area contributed by atoms with Crippen LogP contribution >= 0.6 is 11.8 Å². The second-order valence-corrected chi connectivity index (χ2v) is 8.79. The van der Waals surface area contributed by atoms with Crippen LogP contribution in [0.3, 0.4) is 0 Å². The molecule has 24 heavy (non-hydrogen) atoms. The molecule has 1 aliphatic rings. The number of rotatable bonds is 3. The summed E-state index contributed by atoms with van der Waals surface area (Å²) in [6, 6.07) is 3.38. The zero-order chi connectivity index (χ0) is 17.3. The molecule has 0 aliphatic carbocycles. The van der Waals surface area contributed by atoms with Crippen molar-refractivity contribution in [2.75, 3.05) is 18.8 Å². The maximum atomic E-state index is 14.0. The summed E-state index contributed by atoms with van der Waals surface area (Å²) in [6.07, 6.45) is 3.30. The highest BCUT2D eigenvalue weighted by atomic mass is 32.2. The summed E-state index contributed by atoms with van der Waals surface area (Å²) in [6.45, 7) is 0.559. The highest BCUT2D eigenvalue weighted by Crippen LogP contribution is 2.36. The Kier molecular flexibility index (Phi) is 4.93. The number of aryl methyl sites for hydroxylation is 1. The van der Waals surface area contributed by atoms with Crippen LogP contribution in [0.4, 0.5) is 8.78 Å². The maximum absolute atomic E-state index is 14.0. The van der Waals surface area contributed by atoms with Gasteiger partial charge >= 0.3 is 0 Å². The quantitative estimate of drug-likeness (QED) is 0.830.